The Morgan fingerprint density at radius 2 is 2.05 bits per heavy atom. The van der Waals surface area contributed by atoms with Crippen molar-refractivity contribution in [3.63, 3.8) is 0 Å². The molecule has 0 bridgehead atoms. The van der Waals surface area contributed by atoms with Crippen molar-refractivity contribution in [2.24, 2.45) is 0 Å². The summed E-state index contributed by atoms with van der Waals surface area (Å²) in [6, 6.07) is 11.5. The normalized spacial score (nSPS) is 12.1. The SMILES string of the molecule is CCCNC(C)c1ccc(Oc2ccccc2CO)nc1. The number of benzene rings is 1. The van der Waals surface area contributed by atoms with Crippen LogP contribution in [0.4, 0.5) is 0 Å². The van der Waals surface area contributed by atoms with E-state index in [4.69, 9.17) is 4.74 Å². The Morgan fingerprint density at radius 1 is 1.24 bits per heavy atom. The van der Waals surface area contributed by atoms with Crippen molar-refractivity contribution in [1.82, 2.24) is 10.3 Å². The van der Waals surface area contributed by atoms with Gasteiger partial charge in [0.25, 0.3) is 0 Å². The number of hydrogen-bond donors (Lipinski definition) is 2. The first kappa shape index (κ1) is 15.5. The van der Waals surface area contributed by atoms with E-state index in [9.17, 15) is 5.11 Å². The fourth-order valence-corrected chi connectivity index (χ4v) is 2.03. The lowest BCUT2D eigenvalue weighted by molar-refractivity contribution is 0.276. The summed E-state index contributed by atoms with van der Waals surface area (Å²) in [6.45, 7) is 5.21. The number of aliphatic hydroxyl groups excluding tert-OH is 1. The van der Waals surface area contributed by atoms with Crippen molar-refractivity contribution in [2.45, 2.75) is 32.9 Å². The second-order valence-corrected chi connectivity index (χ2v) is 4.97. The molecule has 0 radical (unpaired) electrons. The molecule has 112 valence electrons. The quantitative estimate of drug-likeness (QED) is 0.819. The molecule has 2 rings (SSSR count). The zero-order chi connectivity index (χ0) is 15.1. The molecule has 0 aliphatic heterocycles. The summed E-state index contributed by atoms with van der Waals surface area (Å²) >= 11 is 0. The first-order valence-corrected chi connectivity index (χ1v) is 7.30. The summed E-state index contributed by atoms with van der Waals surface area (Å²) in [4.78, 5) is 4.33. The van der Waals surface area contributed by atoms with Gasteiger partial charge in [-0.15, -0.1) is 0 Å². The number of aliphatic hydroxyl groups is 1. The topological polar surface area (TPSA) is 54.4 Å². The van der Waals surface area contributed by atoms with Gasteiger partial charge in [0.2, 0.25) is 5.88 Å². The molecule has 0 spiro atoms. The van der Waals surface area contributed by atoms with E-state index in [1.807, 2.05) is 42.6 Å². The lowest BCUT2D eigenvalue weighted by atomic mass is 10.1. The minimum absolute atomic E-state index is 0.0494. The minimum atomic E-state index is -0.0494. The fourth-order valence-electron chi connectivity index (χ4n) is 2.03. The Balaban J connectivity index is 2.05. The zero-order valence-electron chi connectivity index (χ0n) is 12.5. The molecular formula is C17H22N2O2. The monoisotopic (exact) mass is 286 g/mol. The van der Waals surface area contributed by atoms with Crippen LogP contribution in [0, 0.1) is 0 Å². The number of para-hydroxylation sites is 1. The van der Waals surface area contributed by atoms with Crippen LogP contribution in [0.2, 0.25) is 0 Å². The highest BCUT2D eigenvalue weighted by Gasteiger charge is 2.07. The minimum Gasteiger partial charge on any atom is -0.439 e. The summed E-state index contributed by atoms with van der Waals surface area (Å²) in [5, 5.41) is 12.7. The highest BCUT2D eigenvalue weighted by atomic mass is 16.5. The van der Waals surface area contributed by atoms with Gasteiger partial charge in [0.1, 0.15) is 5.75 Å². The van der Waals surface area contributed by atoms with E-state index in [-0.39, 0.29) is 12.6 Å². The third-order valence-electron chi connectivity index (χ3n) is 3.32. The van der Waals surface area contributed by atoms with Gasteiger partial charge in [-0.25, -0.2) is 4.98 Å². The molecular weight excluding hydrogens is 264 g/mol. The Hall–Kier alpha value is -1.91. The zero-order valence-corrected chi connectivity index (χ0v) is 12.5. The number of hydrogen-bond acceptors (Lipinski definition) is 4. The molecule has 0 aliphatic carbocycles. The van der Waals surface area contributed by atoms with Gasteiger partial charge in [0, 0.05) is 23.9 Å². The fraction of sp³-hybridized carbons (Fsp3) is 0.353. The maximum Gasteiger partial charge on any atom is 0.219 e. The van der Waals surface area contributed by atoms with Gasteiger partial charge in [-0.05, 0) is 31.5 Å². The van der Waals surface area contributed by atoms with Crippen molar-refractivity contribution in [1.29, 1.82) is 0 Å². The van der Waals surface area contributed by atoms with E-state index in [1.165, 1.54) is 0 Å². The van der Waals surface area contributed by atoms with Gasteiger partial charge in [-0.1, -0.05) is 31.2 Å². The molecule has 4 nitrogen and oxygen atoms in total. The molecule has 1 heterocycles. The van der Waals surface area contributed by atoms with Gasteiger partial charge in [-0.3, -0.25) is 0 Å². The molecule has 0 saturated heterocycles. The highest BCUT2D eigenvalue weighted by Crippen LogP contribution is 2.24. The van der Waals surface area contributed by atoms with E-state index in [1.54, 1.807) is 0 Å². The molecule has 0 fully saturated rings. The Morgan fingerprint density at radius 3 is 2.71 bits per heavy atom. The average molecular weight is 286 g/mol. The lowest BCUT2D eigenvalue weighted by Crippen LogP contribution is -2.19. The summed E-state index contributed by atoms with van der Waals surface area (Å²) < 4.78 is 5.72. The summed E-state index contributed by atoms with van der Waals surface area (Å²) in [5.41, 5.74) is 1.88. The summed E-state index contributed by atoms with van der Waals surface area (Å²) in [5.74, 6) is 1.17. The van der Waals surface area contributed by atoms with Gasteiger partial charge in [0.05, 0.1) is 6.61 Å². The largest absolute Gasteiger partial charge is 0.439 e. The third kappa shape index (κ3) is 4.28. The summed E-state index contributed by atoms with van der Waals surface area (Å²) in [6.07, 6.45) is 2.93. The predicted octanol–water partition coefficient (Wildman–Crippen LogP) is 3.43. The molecule has 0 amide bonds. The first-order valence-electron chi connectivity index (χ1n) is 7.30. The van der Waals surface area contributed by atoms with Crippen LogP contribution in [-0.2, 0) is 6.61 Å². The molecule has 0 aliphatic rings. The predicted molar refractivity (Wildman–Crippen MR) is 83.4 cm³/mol. The second-order valence-electron chi connectivity index (χ2n) is 4.97. The lowest BCUT2D eigenvalue weighted by Gasteiger charge is -2.14. The van der Waals surface area contributed by atoms with Crippen molar-refractivity contribution < 1.29 is 9.84 Å². The molecule has 2 N–H and O–H groups in total. The smallest absolute Gasteiger partial charge is 0.219 e. The third-order valence-corrected chi connectivity index (χ3v) is 3.32. The highest BCUT2D eigenvalue weighted by molar-refractivity contribution is 5.35. The number of nitrogens with one attached hydrogen (secondary N) is 1. The number of aromatic nitrogens is 1. The van der Waals surface area contributed by atoms with Gasteiger partial charge in [-0.2, -0.15) is 0 Å². The van der Waals surface area contributed by atoms with Gasteiger partial charge in [0.15, 0.2) is 0 Å². The first-order chi connectivity index (χ1) is 10.2. The molecule has 0 saturated carbocycles. The van der Waals surface area contributed by atoms with E-state index >= 15 is 0 Å². The van der Waals surface area contributed by atoms with E-state index < -0.39 is 0 Å². The summed E-state index contributed by atoms with van der Waals surface area (Å²) in [7, 11) is 0. The second kappa shape index (κ2) is 7.76. The number of nitrogens with zero attached hydrogens (tertiary/aromatic N) is 1. The van der Waals surface area contributed by atoms with Gasteiger partial charge >= 0.3 is 0 Å². The van der Waals surface area contributed by atoms with E-state index in [0.717, 1.165) is 24.1 Å². The number of pyridine rings is 1. The van der Waals surface area contributed by atoms with Crippen LogP contribution in [-0.4, -0.2) is 16.6 Å². The molecule has 1 unspecified atom stereocenters. The van der Waals surface area contributed by atoms with E-state index in [0.29, 0.717) is 11.6 Å². The Kier molecular flexibility index (Phi) is 5.72. The maximum absolute atomic E-state index is 9.29. The van der Waals surface area contributed by atoms with Crippen molar-refractivity contribution in [3.8, 4) is 11.6 Å². The molecule has 1 aromatic carbocycles. The Bertz CT molecular complexity index is 555. The molecule has 4 heteroatoms. The van der Waals surface area contributed by atoms with E-state index in [2.05, 4.69) is 24.1 Å². The van der Waals surface area contributed by atoms with Crippen molar-refractivity contribution >= 4 is 0 Å². The standard InChI is InChI=1S/C17H22N2O2/c1-3-10-18-13(2)14-8-9-17(19-11-14)21-16-7-5-4-6-15(16)12-20/h4-9,11,13,18,20H,3,10,12H2,1-2H3. The van der Waals surface area contributed by atoms with Crippen LogP contribution in [0.1, 0.15) is 37.4 Å². The van der Waals surface area contributed by atoms with Crippen molar-refractivity contribution in [3.05, 3.63) is 53.7 Å². The maximum atomic E-state index is 9.29. The van der Waals surface area contributed by atoms with Crippen molar-refractivity contribution in [2.75, 3.05) is 6.54 Å². The molecule has 1 atom stereocenters. The van der Waals surface area contributed by atoms with Crippen LogP contribution in [0.15, 0.2) is 42.6 Å². The van der Waals surface area contributed by atoms with Crippen LogP contribution in [0.25, 0.3) is 0 Å². The molecule has 2 aromatic rings. The van der Waals surface area contributed by atoms with Crippen LogP contribution in [0.5, 0.6) is 11.6 Å². The Labute approximate surface area is 125 Å². The average Bonchev–Trinajstić information content (AvgIpc) is 2.54. The van der Waals surface area contributed by atoms with Crippen LogP contribution < -0.4 is 10.1 Å². The number of ether oxygens (including phenoxy) is 1. The number of rotatable bonds is 7. The molecule has 21 heavy (non-hydrogen) atoms. The van der Waals surface area contributed by atoms with Crippen LogP contribution >= 0.6 is 0 Å². The van der Waals surface area contributed by atoms with Crippen LogP contribution in [0.3, 0.4) is 0 Å². The molecule has 1 aromatic heterocycles. The van der Waals surface area contributed by atoms with Gasteiger partial charge < -0.3 is 15.2 Å².